The second-order valence-corrected chi connectivity index (χ2v) is 4.79. The highest BCUT2D eigenvalue weighted by Crippen LogP contribution is 2.23. The first kappa shape index (κ1) is 13.4. The second-order valence-electron chi connectivity index (χ2n) is 3.81. The van der Waals surface area contributed by atoms with Crippen LogP contribution in [0.1, 0.15) is 6.92 Å². The van der Waals surface area contributed by atoms with Crippen LogP contribution in [0.5, 0.6) is 0 Å². The van der Waals surface area contributed by atoms with Crippen molar-refractivity contribution < 1.29 is 9.90 Å². The van der Waals surface area contributed by atoms with Crippen molar-refractivity contribution in [2.75, 3.05) is 11.9 Å². The molecule has 0 saturated heterocycles. The quantitative estimate of drug-likeness (QED) is 0.778. The Bertz CT molecular complexity index is 543. The number of anilines is 1. The number of aromatic nitrogens is 3. The van der Waals surface area contributed by atoms with Crippen LogP contribution >= 0.6 is 11.3 Å². The molecule has 2 aromatic rings. The smallest absolute Gasteiger partial charge is 0.321 e. The van der Waals surface area contributed by atoms with Gasteiger partial charge in [-0.1, -0.05) is 17.4 Å². The Kier molecular flexibility index (Phi) is 4.37. The second kappa shape index (κ2) is 6.21. The molecule has 19 heavy (non-hydrogen) atoms. The molecule has 2 rings (SSSR count). The SMILES string of the molecule is CC(O)CNC(=O)Nc1nnc(-c2ccccn2)s1. The van der Waals surface area contributed by atoms with Crippen molar-refractivity contribution in [3.63, 3.8) is 0 Å². The maximum atomic E-state index is 11.5. The Morgan fingerprint density at radius 3 is 3.00 bits per heavy atom. The van der Waals surface area contributed by atoms with Crippen molar-refractivity contribution in [1.29, 1.82) is 0 Å². The number of carbonyl (C=O) groups is 1. The van der Waals surface area contributed by atoms with Crippen LogP contribution in [0.3, 0.4) is 0 Å². The van der Waals surface area contributed by atoms with E-state index < -0.39 is 12.1 Å². The van der Waals surface area contributed by atoms with Gasteiger partial charge >= 0.3 is 6.03 Å². The standard InChI is InChI=1S/C11H13N5O2S/c1-7(17)6-13-10(18)14-11-16-15-9(19-11)8-4-2-3-5-12-8/h2-5,7,17H,6H2,1H3,(H2,13,14,16,18). The maximum absolute atomic E-state index is 11.5. The lowest BCUT2D eigenvalue weighted by Crippen LogP contribution is -2.34. The predicted octanol–water partition coefficient (Wildman–Crippen LogP) is 1.10. The third-order valence-corrected chi connectivity index (χ3v) is 2.95. The first-order valence-corrected chi connectivity index (χ1v) is 6.44. The van der Waals surface area contributed by atoms with E-state index in [2.05, 4.69) is 25.8 Å². The van der Waals surface area contributed by atoms with Crippen LogP contribution in [0.15, 0.2) is 24.4 Å². The average molecular weight is 279 g/mol. The summed E-state index contributed by atoms with van der Waals surface area (Å²) in [6, 6.07) is 5.06. The van der Waals surface area contributed by atoms with Gasteiger partial charge in [-0.25, -0.2) is 4.79 Å². The van der Waals surface area contributed by atoms with Crippen LogP contribution in [0.2, 0.25) is 0 Å². The monoisotopic (exact) mass is 279 g/mol. The van der Waals surface area contributed by atoms with Crippen LogP contribution in [-0.4, -0.2) is 39.0 Å². The van der Waals surface area contributed by atoms with Gasteiger partial charge in [0.15, 0.2) is 5.01 Å². The van der Waals surface area contributed by atoms with E-state index in [1.54, 1.807) is 13.1 Å². The molecule has 0 radical (unpaired) electrons. The molecule has 0 aliphatic rings. The van der Waals surface area contributed by atoms with E-state index in [-0.39, 0.29) is 6.54 Å². The third-order valence-electron chi connectivity index (χ3n) is 2.09. The summed E-state index contributed by atoms with van der Waals surface area (Å²) >= 11 is 1.23. The van der Waals surface area contributed by atoms with E-state index >= 15 is 0 Å². The van der Waals surface area contributed by atoms with Crippen molar-refractivity contribution >= 4 is 22.5 Å². The molecule has 0 spiro atoms. The molecule has 2 aromatic heterocycles. The lowest BCUT2D eigenvalue weighted by atomic mass is 10.4. The summed E-state index contributed by atoms with van der Waals surface area (Å²) in [6.07, 6.45) is 1.07. The molecule has 0 saturated carbocycles. The summed E-state index contributed by atoms with van der Waals surface area (Å²) in [4.78, 5) is 15.6. The number of rotatable bonds is 4. The zero-order valence-electron chi connectivity index (χ0n) is 10.2. The largest absolute Gasteiger partial charge is 0.392 e. The van der Waals surface area contributed by atoms with Crippen LogP contribution in [0.4, 0.5) is 9.93 Å². The lowest BCUT2D eigenvalue weighted by Gasteiger charge is -2.06. The number of hydrogen-bond donors (Lipinski definition) is 3. The molecule has 3 N–H and O–H groups in total. The summed E-state index contributed by atoms with van der Waals surface area (Å²) in [5.74, 6) is 0. The van der Waals surface area contributed by atoms with E-state index in [1.165, 1.54) is 11.3 Å². The third kappa shape index (κ3) is 3.97. The summed E-state index contributed by atoms with van der Waals surface area (Å²) in [5, 5.41) is 22.9. The summed E-state index contributed by atoms with van der Waals surface area (Å²) < 4.78 is 0. The molecule has 2 heterocycles. The number of aliphatic hydroxyl groups excluding tert-OH is 1. The minimum Gasteiger partial charge on any atom is -0.392 e. The van der Waals surface area contributed by atoms with Crippen molar-refractivity contribution in [1.82, 2.24) is 20.5 Å². The molecule has 0 aliphatic heterocycles. The maximum Gasteiger partial charge on any atom is 0.321 e. The molecule has 0 bridgehead atoms. The molecule has 8 heteroatoms. The predicted molar refractivity (Wildman–Crippen MR) is 71.8 cm³/mol. The number of nitrogens with one attached hydrogen (secondary N) is 2. The Hall–Kier alpha value is -2.06. The van der Waals surface area contributed by atoms with Gasteiger partial charge in [0.2, 0.25) is 5.13 Å². The Morgan fingerprint density at radius 1 is 1.47 bits per heavy atom. The number of urea groups is 1. The molecule has 1 unspecified atom stereocenters. The molecule has 0 fully saturated rings. The Labute approximate surface area is 113 Å². The number of nitrogens with zero attached hydrogens (tertiary/aromatic N) is 3. The van der Waals surface area contributed by atoms with Crippen LogP contribution in [0, 0.1) is 0 Å². The van der Waals surface area contributed by atoms with E-state index in [1.807, 2.05) is 18.2 Å². The van der Waals surface area contributed by atoms with Gasteiger partial charge < -0.3 is 10.4 Å². The topological polar surface area (TPSA) is 100 Å². The van der Waals surface area contributed by atoms with Gasteiger partial charge in [0.05, 0.1) is 6.10 Å². The molecule has 2 amide bonds. The highest BCUT2D eigenvalue weighted by Gasteiger charge is 2.10. The Morgan fingerprint density at radius 2 is 2.32 bits per heavy atom. The van der Waals surface area contributed by atoms with Crippen LogP contribution in [0.25, 0.3) is 10.7 Å². The molecule has 7 nitrogen and oxygen atoms in total. The van der Waals surface area contributed by atoms with E-state index in [0.717, 1.165) is 0 Å². The minimum atomic E-state index is -0.593. The van der Waals surface area contributed by atoms with Crippen LogP contribution in [-0.2, 0) is 0 Å². The highest BCUT2D eigenvalue weighted by molar-refractivity contribution is 7.18. The van der Waals surface area contributed by atoms with Gasteiger partial charge in [-0.15, -0.1) is 10.2 Å². The lowest BCUT2D eigenvalue weighted by molar-refractivity contribution is 0.190. The summed E-state index contributed by atoms with van der Waals surface area (Å²) in [5.41, 5.74) is 0.706. The van der Waals surface area contributed by atoms with E-state index in [9.17, 15) is 4.79 Å². The highest BCUT2D eigenvalue weighted by atomic mass is 32.1. The Balaban J connectivity index is 1.96. The molecule has 0 aromatic carbocycles. The zero-order valence-corrected chi connectivity index (χ0v) is 11.0. The van der Waals surface area contributed by atoms with E-state index in [0.29, 0.717) is 15.8 Å². The van der Waals surface area contributed by atoms with Crippen molar-refractivity contribution in [2.45, 2.75) is 13.0 Å². The fourth-order valence-electron chi connectivity index (χ4n) is 1.25. The number of amides is 2. The van der Waals surface area contributed by atoms with Gasteiger partial charge in [-0.2, -0.15) is 0 Å². The van der Waals surface area contributed by atoms with Crippen molar-refractivity contribution in [2.24, 2.45) is 0 Å². The molecular formula is C11H13N5O2S. The number of hydrogen-bond acceptors (Lipinski definition) is 6. The van der Waals surface area contributed by atoms with Gasteiger partial charge in [0.1, 0.15) is 5.69 Å². The number of aliphatic hydroxyl groups is 1. The summed E-state index contributed by atoms with van der Waals surface area (Å²) in [6.45, 7) is 1.77. The first-order chi connectivity index (χ1) is 9.15. The first-order valence-electron chi connectivity index (χ1n) is 5.63. The minimum absolute atomic E-state index is 0.178. The van der Waals surface area contributed by atoms with Crippen molar-refractivity contribution in [3.8, 4) is 10.7 Å². The molecule has 0 aliphatic carbocycles. The average Bonchev–Trinajstić information content (AvgIpc) is 2.86. The number of pyridine rings is 1. The molecular weight excluding hydrogens is 266 g/mol. The summed E-state index contributed by atoms with van der Waals surface area (Å²) in [7, 11) is 0. The van der Waals surface area contributed by atoms with Crippen LogP contribution < -0.4 is 10.6 Å². The molecule has 100 valence electrons. The van der Waals surface area contributed by atoms with E-state index in [4.69, 9.17) is 5.11 Å². The normalized spacial score (nSPS) is 11.9. The fourth-order valence-corrected chi connectivity index (χ4v) is 1.96. The van der Waals surface area contributed by atoms with Gasteiger partial charge in [0.25, 0.3) is 0 Å². The zero-order chi connectivity index (χ0) is 13.7. The van der Waals surface area contributed by atoms with Gasteiger partial charge in [-0.05, 0) is 19.1 Å². The van der Waals surface area contributed by atoms with Gasteiger partial charge in [-0.3, -0.25) is 10.3 Å². The fraction of sp³-hybridized carbons (Fsp3) is 0.273. The van der Waals surface area contributed by atoms with Gasteiger partial charge in [0, 0.05) is 12.7 Å². The van der Waals surface area contributed by atoms with Crippen molar-refractivity contribution in [3.05, 3.63) is 24.4 Å². The molecule has 1 atom stereocenters. The number of carbonyl (C=O) groups excluding carboxylic acids is 1.